The third-order valence-corrected chi connectivity index (χ3v) is 9.88. The zero-order valence-electron chi connectivity index (χ0n) is 21.7. The molecule has 3 aromatic rings. The Bertz CT molecular complexity index is 1240. The van der Waals surface area contributed by atoms with Crippen molar-refractivity contribution in [3.05, 3.63) is 71.0 Å². The number of carbonyl (C=O) groups excluding carboxylic acids is 1. The molecule has 1 saturated carbocycles. The first-order valence-corrected chi connectivity index (χ1v) is 13.8. The Labute approximate surface area is 222 Å². The van der Waals surface area contributed by atoms with Crippen LogP contribution in [0.15, 0.2) is 54.9 Å². The Morgan fingerprint density at radius 3 is 2.70 bits per heavy atom. The first-order chi connectivity index (χ1) is 17.7. The molecular formula is C29H36N4O3S. The van der Waals surface area contributed by atoms with Crippen LogP contribution in [-0.2, 0) is 17.8 Å². The maximum atomic E-state index is 13.6. The molecule has 1 amide bonds. The van der Waals surface area contributed by atoms with Crippen molar-refractivity contribution in [1.82, 2.24) is 14.9 Å². The average molecular weight is 521 g/mol. The molecule has 1 aromatic carbocycles. The number of aliphatic hydroxyl groups excluding tert-OH is 2. The maximum absolute atomic E-state index is 13.6. The summed E-state index contributed by atoms with van der Waals surface area (Å²) in [5, 5.41) is 25.6. The lowest BCUT2D eigenvalue weighted by molar-refractivity contribution is -0.147. The largest absolute Gasteiger partial charge is 0.396 e. The van der Waals surface area contributed by atoms with Gasteiger partial charge in [-0.1, -0.05) is 44.2 Å². The number of amides is 1. The van der Waals surface area contributed by atoms with Crippen LogP contribution in [-0.4, -0.2) is 50.7 Å². The molecule has 5 rings (SSSR count). The molecule has 37 heavy (non-hydrogen) atoms. The van der Waals surface area contributed by atoms with Gasteiger partial charge in [-0.15, -0.1) is 11.3 Å². The van der Waals surface area contributed by atoms with Crippen molar-refractivity contribution in [1.29, 1.82) is 0 Å². The van der Waals surface area contributed by atoms with Crippen molar-refractivity contribution in [2.45, 2.75) is 58.1 Å². The van der Waals surface area contributed by atoms with Crippen molar-refractivity contribution < 1.29 is 15.0 Å². The van der Waals surface area contributed by atoms with Crippen LogP contribution in [0.5, 0.6) is 0 Å². The van der Waals surface area contributed by atoms with E-state index < -0.39 is 11.5 Å². The SMILES string of the molecule is CN(Cc1ccccc1)C(=O)CC1c2nc(Nc3cccnc3)sc2CC2C(C)(CO)C(O)CCC12C. The van der Waals surface area contributed by atoms with Gasteiger partial charge >= 0.3 is 0 Å². The molecule has 0 bridgehead atoms. The second kappa shape index (κ2) is 10.2. The number of aromatic nitrogens is 2. The summed E-state index contributed by atoms with van der Waals surface area (Å²) in [5.74, 6) is 0.00416. The number of benzene rings is 1. The minimum atomic E-state index is -0.636. The predicted molar refractivity (Wildman–Crippen MR) is 146 cm³/mol. The van der Waals surface area contributed by atoms with Crippen molar-refractivity contribution in [2.75, 3.05) is 19.0 Å². The highest BCUT2D eigenvalue weighted by Gasteiger charge is 2.59. The van der Waals surface area contributed by atoms with Gasteiger partial charge in [-0.05, 0) is 48.3 Å². The molecule has 1 fully saturated rings. The lowest BCUT2D eigenvalue weighted by Crippen LogP contribution is -2.57. The van der Waals surface area contributed by atoms with Gasteiger partial charge in [-0.3, -0.25) is 9.78 Å². The molecule has 3 N–H and O–H groups in total. The second-order valence-electron chi connectivity index (χ2n) is 11.2. The van der Waals surface area contributed by atoms with E-state index in [9.17, 15) is 15.0 Å². The quantitative estimate of drug-likeness (QED) is 0.416. The summed E-state index contributed by atoms with van der Waals surface area (Å²) in [6.07, 6.45) is 5.40. The van der Waals surface area contributed by atoms with Crippen LogP contribution in [0.25, 0.3) is 0 Å². The molecule has 0 radical (unpaired) electrons. The highest BCUT2D eigenvalue weighted by atomic mass is 32.1. The molecular weight excluding hydrogens is 484 g/mol. The van der Waals surface area contributed by atoms with Gasteiger partial charge in [0.2, 0.25) is 5.91 Å². The summed E-state index contributed by atoms with van der Waals surface area (Å²) in [7, 11) is 1.86. The van der Waals surface area contributed by atoms with Crippen LogP contribution < -0.4 is 5.32 Å². The lowest BCUT2D eigenvalue weighted by atomic mass is 9.47. The number of aliphatic hydroxyl groups is 2. The van der Waals surface area contributed by atoms with Gasteiger partial charge in [0.15, 0.2) is 5.13 Å². The van der Waals surface area contributed by atoms with Gasteiger partial charge in [-0.2, -0.15) is 0 Å². The van der Waals surface area contributed by atoms with Crippen LogP contribution in [0.4, 0.5) is 10.8 Å². The molecule has 2 aromatic heterocycles. The Hall–Kier alpha value is -2.81. The number of hydrogen-bond donors (Lipinski definition) is 3. The molecule has 2 aliphatic carbocycles. The highest BCUT2D eigenvalue weighted by Crippen LogP contribution is 2.63. The Morgan fingerprint density at radius 1 is 1.22 bits per heavy atom. The Balaban J connectivity index is 1.49. The minimum Gasteiger partial charge on any atom is -0.396 e. The Morgan fingerprint density at radius 2 is 2.00 bits per heavy atom. The number of anilines is 2. The molecule has 7 nitrogen and oxygen atoms in total. The van der Waals surface area contributed by atoms with E-state index >= 15 is 0 Å². The van der Waals surface area contributed by atoms with E-state index in [0.29, 0.717) is 19.4 Å². The standard InChI is InChI=1S/C29H36N4O3S/c1-28-12-11-24(35)29(2,18-34)23(28)15-22-26(32-27(37-22)31-20-10-7-13-30-16-20)21(28)14-25(36)33(3)17-19-8-5-4-6-9-19/h4-10,13,16,21,23-24,34-35H,11-12,14-15,17-18H2,1-3H3,(H,31,32). The maximum Gasteiger partial charge on any atom is 0.223 e. The van der Waals surface area contributed by atoms with E-state index in [4.69, 9.17) is 4.98 Å². The number of hydrogen-bond acceptors (Lipinski definition) is 7. The van der Waals surface area contributed by atoms with Crippen LogP contribution in [0.3, 0.4) is 0 Å². The molecule has 8 heteroatoms. The minimum absolute atomic E-state index is 0.0326. The van der Waals surface area contributed by atoms with Gasteiger partial charge in [0.05, 0.1) is 30.3 Å². The van der Waals surface area contributed by atoms with Gasteiger partial charge in [0, 0.05) is 42.4 Å². The Kier molecular flexibility index (Phi) is 7.09. The summed E-state index contributed by atoms with van der Waals surface area (Å²) in [5.41, 5.74) is 2.03. The number of rotatable bonds is 7. The monoisotopic (exact) mass is 520 g/mol. The van der Waals surface area contributed by atoms with Crippen molar-refractivity contribution in [2.24, 2.45) is 16.7 Å². The first kappa shape index (κ1) is 25.8. The fraction of sp³-hybridized carbons (Fsp3) is 0.483. The summed E-state index contributed by atoms with van der Waals surface area (Å²) in [6.45, 7) is 4.71. The van der Waals surface area contributed by atoms with E-state index in [1.807, 2.05) is 56.4 Å². The number of fused-ring (bicyclic) bond motifs is 2. The van der Waals surface area contributed by atoms with E-state index in [0.717, 1.165) is 39.8 Å². The van der Waals surface area contributed by atoms with Crippen molar-refractivity contribution in [3.63, 3.8) is 0 Å². The predicted octanol–water partition coefficient (Wildman–Crippen LogP) is 4.75. The first-order valence-electron chi connectivity index (χ1n) is 13.0. The lowest BCUT2D eigenvalue weighted by Gasteiger charge is -2.58. The molecule has 5 atom stereocenters. The average Bonchev–Trinajstić information content (AvgIpc) is 3.30. The van der Waals surface area contributed by atoms with E-state index in [-0.39, 0.29) is 29.8 Å². The topological polar surface area (TPSA) is 98.6 Å². The fourth-order valence-corrected chi connectivity index (χ4v) is 7.62. The van der Waals surface area contributed by atoms with Gasteiger partial charge in [0.25, 0.3) is 0 Å². The summed E-state index contributed by atoms with van der Waals surface area (Å²) >= 11 is 1.60. The highest BCUT2D eigenvalue weighted by molar-refractivity contribution is 7.15. The summed E-state index contributed by atoms with van der Waals surface area (Å²) in [6, 6.07) is 13.9. The number of carbonyl (C=O) groups is 1. The molecule has 5 unspecified atom stereocenters. The van der Waals surface area contributed by atoms with Crippen LogP contribution in [0.2, 0.25) is 0 Å². The second-order valence-corrected chi connectivity index (χ2v) is 12.3. The van der Waals surface area contributed by atoms with Crippen molar-refractivity contribution >= 4 is 28.1 Å². The third kappa shape index (κ3) is 4.78. The fourth-order valence-electron chi connectivity index (χ4n) is 6.54. The van der Waals surface area contributed by atoms with E-state index in [1.54, 1.807) is 28.6 Å². The van der Waals surface area contributed by atoms with Crippen LogP contribution >= 0.6 is 11.3 Å². The molecule has 196 valence electrons. The smallest absolute Gasteiger partial charge is 0.223 e. The zero-order valence-corrected chi connectivity index (χ0v) is 22.5. The van der Waals surface area contributed by atoms with E-state index in [1.165, 1.54) is 0 Å². The van der Waals surface area contributed by atoms with Gasteiger partial charge < -0.3 is 20.4 Å². The summed E-state index contributed by atoms with van der Waals surface area (Å²) < 4.78 is 0. The molecule has 2 heterocycles. The van der Waals surface area contributed by atoms with Gasteiger partial charge in [0.1, 0.15) is 0 Å². The van der Waals surface area contributed by atoms with E-state index in [2.05, 4.69) is 17.2 Å². The van der Waals surface area contributed by atoms with Crippen LogP contribution in [0.1, 0.15) is 55.2 Å². The number of nitrogens with zero attached hydrogens (tertiary/aromatic N) is 3. The molecule has 0 saturated heterocycles. The van der Waals surface area contributed by atoms with Gasteiger partial charge in [-0.25, -0.2) is 4.98 Å². The normalized spacial score (nSPS) is 28.7. The number of nitrogens with one attached hydrogen (secondary N) is 1. The third-order valence-electron chi connectivity index (χ3n) is 8.87. The van der Waals surface area contributed by atoms with Crippen molar-refractivity contribution in [3.8, 4) is 0 Å². The number of pyridine rings is 1. The molecule has 2 aliphatic rings. The zero-order chi connectivity index (χ0) is 26.2. The van der Waals surface area contributed by atoms with Crippen LogP contribution in [0, 0.1) is 16.7 Å². The summed E-state index contributed by atoms with van der Waals surface area (Å²) in [4.78, 5) is 25.8. The number of thiazole rings is 1. The molecule has 0 spiro atoms. The molecule has 0 aliphatic heterocycles.